The molecule has 0 aromatic heterocycles. The number of hydrogen-bond acceptors (Lipinski definition) is 3. The summed E-state index contributed by atoms with van der Waals surface area (Å²) in [6.45, 7) is 6.94. The molecule has 0 saturated heterocycles. The summed E-state index contributed by atoms with van der Waals surface area (Å²) in [6, 6.07) is 0. The molecule has 0 amide bonds. The van der Waals surface area contributed by atoms with Gasteiger partial charge in [0.05, 0.1) is 0 Å². The third-order valence-corrected chi connectivity index (χ3v) is 6.59. The molecular weight excluding hydrogens is 382 g/mol. The van der Waals surface area contributed by atoms with Crippen LogP contribution < -0.4 is 0 Å². The van der Waals surface area contributed by atoms with Gasteiger partial charge in [-0.25, -0.2) is 0 Å². The Hall–Kier alpha value is -0.120. The zero-order chi connectivity index (χ0) is 22.7. The molecule has 0 radical (unpaired) electrons. The molecule has 0 aliphatic heterocycles. The molecule has 3 nitrogen and oxygen atoms in total. The van der Waals surface area contributed by atoms with E-state index in [9.17, 15) is 0 Å². The second-order valence-corrected chi connectivity index (χ2v) is 9.71. The van der Waals surface area contributed by atoms with Crippen molar-refractivity contribution in [1.82, 2.24) is 4.90 Å². The molecule has 0 saturated carbocycles. The Bertz CT molecular complexity index is 289. The van der Waals surface area contributed by atoms with Gasteiger partial charge in [0, 0.05) is 13.2 Å². The van der Waals surface area contributed by atoms with Gasteiger partial charge in [0.2, 0.25) is 0 Å². The minimum Gasteiger partial charge on any atom is -0.396 e. The first-order valence-corrected chi connectivity index (χ1v) is 14.3. The normalized spacial score (nSPS) is 11.6. The van der Waals surface area contributed by atoms with E-state index in [2.05, 4.69) is 11.8 Å². The lowest BCUT2D eigenvalue weighted by atomic mass is 10.1. The predicted molar refractivity (Wildman–Crippen MR) is 138 cm³/mol. The van der Waals surface area contributed by atoms with Crippen LogP contribution >= 0.6 is 0 Å². The van der Waals surface area contributed by atoms with Crippen molar-refractivity contribution in [2.75, 3.05) is 32.8 Å². The maximum atomic E-state index is 8.84. The van der Waals surface area contributed by atoms with Gasteiger partial charge in [0.1, 0.15) is 0 Å². The Labute approximate surface area is 196 Å². The molecule has 31 heavy (non-hydrogen) atoms. The number of aliphatic hydroxyl groups excluding tert-OH is 2. The smallest absolute Gasteiger partial charge is 0.0431 e. The van der Waals surface area contributed by atoms with Crippen LogP contribution in [0.25, 0.3) is 0 Å². The van der Waals surface area contributed by atoms with E-state index >= 15 is 0 Å². The molecule has 0 rings (SSSR count). The van der Waals surface area contributed by atoms with Crippen LogP contribution in [0.1, 0.15) is 148 Å². The summed E-state index contributed by atoms with van der Waals surface area (Å²) in [6.07, 6.45) is 29.1. The SMILES string of the molecule is CCCCCCCCN(CCCCCCCCCCO)CCCCCCCCCCO. The Morgan fingerprint density at radius 2 is 0.613 bits per heavy atom. The molecule has 2 N–H and O–H groups in total. The Morgan fingerprint density at radius 1 is 0.355 bits per heavy atom. The molecule has 0 unspecified atom stereocenters. The standard InChI is InChI=1S/C28H59NO2/c1-2-3-4-5-14-19-24-29(25-20-15-10-6-8-12-17-22-27-30)26-21-16-11-7-9-13-18-23-28-31/h30-31H,2-28H2,1H3. The maximum absolute atomic E-state index is 8.84. The monoisotopic (exact) mass is 441 g/mol. The van der Waals surface area contributed by atoms with Crippen LogP contribution in [0.15, 0.2) is 0 Å². The summed E-state index contributed by atoms with van der Waals surface area (Å²) < 4.78 is 0. The van der Waals surface area contributed by atoms with Crippen molar-refractivity contribution in [2.24, 2.45) is 0 Å². The van der Waals surface area contributed by atoms with Crippen LogP contribution in [0, 0.1) is 0 Å². The number of hydrogen-bond donors (Lipinski definition) is 2. The maximum Gasteiger partial charge on any atom is 0.0431 e. The fourth-order valence-electron chi connectivity index (χ4n) is 4.47. The third kappa shape index (κ3) is 26.0. The molecule has 0 aliphatic rings. The summed E-state index contributed by atoms with van der Waals surface area (Å²) in [5.41, 5.74) is 0. The largest absolute Gasteiger partial charge is 0.396 e. The number of aliphatic hydroxyl groups is 2. The second-order valence-electron chi connectivity index (χ2n) is 9.71. The van der Waals surface area contributed by atoms with Gasteiger partial charge >= 0.3 is 0 Å². The first-order chi connectivity index (χ1) is 15.3. The van der Waals surface area contributed by atoms with Crippen molar-refractivity contribution in [2.45, 2.75) is 148 Å². The molecule has 0 fully saturated rings. The van der Waals surface area contributed by atoms with Crippen LogP contribution in [0.4, 0.5) is 0 Å². The summed E-state index contributed by atoms with van der Waals surface area (Å²) >= 11 is 0. The highest BCUT2D eigenvalue weighted by Crippen LogP contribution is 2.12. The fraction of sp³-hybridized carbons (Fsp3) is 1.00. The van der Waals surface area contributed by atoms with Gasteiger partial charge in [0.15, 0.2) is 0 Å². The second kappa shape index (κ2) is 27.9. The average Bonchev–Trinajstić information content (AvgIpc) is 2.78. The number of unbranched alkanes of at least 4 members (excludes halogenated alkanes) is 19. The highest BCUT2D eigenvalue weighted by molar-refractivity contribution is 4.60. The fourth-order valence-corrected chi connectivity index (χ4v) is 4.47. The van der Waals surface area contributed by atoms with E-state index in [1.807, 2.05) is 0 Å². The van der Waals surface area contributed by atoms with Gasteiger partial charge in [-0.15, -0.1) is 0 Å². The molecule has 3 heteroatoms. The van der Waals surface area contributed by atoms with Gasteiger partial charge in [-0.05, 0) is 51.7 Å². The molecule has 0 aromatic rings. The van der Waals surface area contributed by atoms with Gasteiger partial charge in [0.25, 0.3) is 0 Å². The summed E-state index contributed by atoms with van der Waals surface area (Å²) in [5.74, 6) is 0. The molecule has 0 aromatic carbocycles. The van der Waals surface area contributed by atoms with Crippen molar-refractivity contribution in [1.29, 1.82) is 0 Å². The minimum atomic E-state index is 0.360. The van der Waals surface area contributed by atoms with Gasteiger partial charge in [-0.2, -0.15) is 0 Å². The molecule has 0 bridgehead atoms. The van der Waals surface area contributed by atoms with E-state index < -0.39 is 0 Å². The predicted octanol–water partition coefficient (Wildman–Crippen LogP) is 7.88. The van der Waals surface area contributed by atoms with E-state index in [-0.39, 0.29) is 0 Å². The van der Waals surface area contributed by atoms with Crippen molar-refractivity contribution in [3.05, 3.63) is 0 Å². The highest BCUT2D eigenvalue weighted by Gasteiger charge is 2.05. The zero-order valence-electron chi connectivity index (χ0n) is 21.4. The van der Waals surface area contributed by atoms with E-state index in [0.29, 0.717) is 13.2 Å². The molecule has 0 aliphatic carbocycles. The van der Waals surface area contributed by atoms with Crippen LogP contribution in [-0.4, -0.2) is 48.0 Å². The topological polar surface area (TPSA) is 43.7 Å². The van der Waals surface area contributed by atoms with E-state index in [1.54, 1.807) is 0 Å². The Balaban J connectivity index is 3.79. The molecule has 0 atom stereocenters. The summed E-state index contributed by atoms with van der Waals surface area (Å²) in [7, 11) is 0. The van der Waals surface area contributed by atoms with Crippen LogP contribution in [0.3, 0.4) is 0 Å². The van der Waals surface area contributed by atoms with Crippen molar-refractivity contribution >= 4 is 0 Å². The molecular formula is C28H59NO2. The van der Waals surface area contributed by atoms with Crippen molar-refractivity contribution in [3.63, 3.8) is 0 Å². The Kier molecular flexibility index (Phi) is 27.8. The lowest BCUT2D eigenvalue weighted by Crippen LogP contribution is -2.27. The molecule has 0 spiro atoms. The lowest BCUT2D eigenvalue weighted by molar-refractivity contribution is 0.253. The highest BCUT2D eigenvalue weighted by atomic mass is 16.3. The van der Waals surface area contributed by atoms with Crippen molar-refractivity contribution in [3.8, 4) is 0 Å². The summed E-state index contributed by atoms with van der Waals surface area (Å²) in [4.78, 5) is 2.77. The first kappa shape index (κ1) is 30.9. The van der Waals surface area contributed by atoms with Crippen LogP contribution in [-0.2, 0) is 0 Å². The quantitative estimate of drug-likeness (QED) is 0.127. The van der Waals surface area contributed by atoms with E-state index in [0.717, 1.165) is 12.8 Å². The zero-order valence-corrected chi connectivity index (χ0v) is 21.4. The van der Waals surface area contributed by atoms with E-state index in [4.69, 9.17) is 10.2 Å². The average molecular weight is 442 g/mol. The third-order valence-electron chi connectivity index (χ3n) is 6.59. The van der Waals surface area contributed by atoms with Gasteiger partial charge in [-0.1, -0.05) is 116 Å². The van der Waals surface area contributed by atoms with Crippen molar-refractivity contribution < 1.29 is 10.2 Å². The Morgan fingerprint density at radius 3 is 0.903 bits per heavy atom. The lowest BCUT2D eigenvalue weighted by Gasteiger charge is -2.22. The molecule has 0 heterocycles. The van der Waals surface area contributed by atoms with Crippen LogP contribution in [0.2, 0.25) is 0 Å². The minimum absolute atomic E-state index is 0.360. The van der Waals surface area contributed by atoms with Gasteiger partial charge in [-0.3, -0.25) is 0 Å². The number of nitrogens with zero attached hydrogens (tertiary/aromatic N) is 1. The summed E-state index contributed by atoms with van der Waals surface area (Å²) in [5, 5.41) is 17.7. The van der Waals surface area contributed by atoms with Crippen LogP contribution in [0.5, 0.6) is 0 Å². The molecule has 188 valence electrons. The van der Waals surface area contributed by atoms with Gasteiger partial charge < -0.3 is 15.1 Å². The number of rotatable bonds is 27. The first-order valence-electron chi connectivity index (χ1n) is 14.3. The van der Waals surface area contributed by atoms with E-state index in [1.165, 1.54) is 148 Å².